The SMILES string of the molecule is CCN1CCn2c(-c3cnn(C)c3)cnc2C12CCN(C(=O)Cc1ccccc1)CC2. The number of carbonyl (C=O) groups excluding carboxylic acids is 1. The highest BCUT2D eigenvalue weighted by Gasteiger charge is 2.47. The van der Waals surface area contributed by atoms with Crippen LogP contribution in [0.15, 0.2) is 48.9 Å². The van der Waals surface area contributed by atoms with Gasteiger partial charge in [0, 0.05) is 45.0 Å². The number of piperidine rings is 1. The fraction of sp³-hybridized carbons (Fsp3) is 0.458. The molecule has 4 heterocycles. The molecule has 0 radical (unpaired) electrons. The normalized spacial score (nSPS) is 18.3. The van der Waals surface area contributed by atoms with Gasteiger partial charge in [-0.05, 0) is 24.9 Å². The van der Waals surface area contributed by atoms with Crippen molar-refractivity contribution in [3.63, 3.8) is 0 Å². The van der Waals surface area contributed by atoms with Crippen LogP contribution in [0.1, 0.15) is 31.2 Å². The number of imidazole rings is 1. The number of likely N-dealkylation sites (N-methyl/N-ethyl adjacent to an activating group) is 1. The van der Waals surface area contributed by atoms with Gasteiger partial charge in [-0.3, -0.25) is 14.4 Å². The van der Waals surface area contributed by atoms with E-state index in [2.05, 4.69) is 21.5 Å². The second-order valence-electron chi connectivity index (χ2n) is 8.68. The zero-order valence-corrected chi connectivity index (χ0v) is 18.4. The summed E-state index contributed by atoms with van der Waals surface area (Å²) in [7, 11) is 1.94. The van der Waals surface area contributed by atoms with E-state index in [-0.39, 0.29) is 11.4 Å². The van der Waals surface area contributed by atoms with Gasteiger partial charge in [0.2, 0.25) is 5.91 Å². The molecule has 0 aliphatic carbocycles. The Hall–Kier alpha value is -2.93. The fourth-order valence-electron chi connectivity index (χ4n) is 5.34. The van der Waals surface area contributed by atoms with Crippen molar-refractivity contribution in [1.29, 1.82) is 0 Å². The molecule has 1 fully saturated rings. The quantitative estimate of drug-likeness (QED) is 0.654. The molecule has 0 saturated carbocycles. The highest BCUT2D eigenvalue weighted by molar-refractivity contribution is 5.78. The lowest BCUT2D eigenvalue weighted by molar-refractivity contribution is -0.134. The molecule has 0 bridgehead atoms. The van der Waals surface area contributed by atoms with Crippen molar-refractivity contribution in [2.75, 3.05) is 26.2 Å². The lowest BCUT2D eigenvalue weighted by Gasteiger charge is -2.50. The predicted octanol–water partition coefficient (Wildman–Crippen LogP) is 2.68. The number of benzene rings is 1. The molecule has 7 heteroatoms. The van der Waals surface area contributed by atoms with Gasteiger partial charge in [0.1, 0.15) is 5.82 Å². The molecule has 162 valence electrons. The van der Waals surface area contributed by atoms with E-state index in [0.717, 1.165) is 68.2 Å². The Balaban J connectivity index is 1.38. The molecule has 1 amide bonds. The number of carbonyl (C=O) groups is 1. The molecule has 0 N–H and O–H groups in total. The van der Waals surface area contributed by atoms with Crippen LogP contribution in [0.2, 0.25) is 0 Å². The third-order valence-electron chi connectivity index (χ3n) is 6.99. The number of hydrogen-bond acceptors (Lipinski definition) is 4. The highest BCUT2D eigenvalue weighted by atomic mass is 16.2. The average molecular weight is 419 g/mol. The Kier molecular flexibility index (Phi) is 5.14. The smallest absolute Gasteiger partial charge is 0.226 e. The number of nitrogens with zero attached hydrogens (tertiary/aromatic N) is 6. The molecule has 1 saturated heterocycles. The van der Waals surface area contributed by atoms with Gasteiger partial charge >= 0.3 is 0 Å². The number of hydrogen-bond donors (Lipinski definition) is 0. The van der Waals surface area contributed by atoms with Crippen LogP contribution in [0.4, 0.5) is 0 Å². The van der Waals surface area contributed by atoms with Crippen molar-refractivity contribution in [1.82, 2.24) is 29.1 Å². The molecule has 3 aromatic rings. The first-order valence-corrected chi connectivity index (χ1v) is 11.2. The summed E-state index contributed by atoms with van der Waals surface area (Å²) in [6.45, 7) is 6.72. The first-order chi connectivity index (χ1) is 15.1. The monoisotopic (exact) mass is 418 g/mol. The van der Waals surface area contributed by atoms with Gasteiger partial charge in [-0.1, -0.05) is 37.3 Å². The van der Waals surface area contributed by atoms with Gasteiger partial charge in [0.05, 0.1) is 30.0 Å². The number of amides is 1. The molecule has 0 unspecified atom stereocenters. The molecule has 2 aliphatic rings. The predicted molar refractivity (Wildman–Crippen MR) is 119 cm³/mol. The molecule has 31 heavy (non-hydrogen) atoms. The van der Waals surface area contributed by atoms with Crippen LogP contribution in [0.5, 0.6) is 0 Å². The molecular formula is C24H30N6O. The van der Waals surface area contributed by atoms with Crippen molar-refractivity contribution < 1.29 is 4.79 Å². The first-order valence-electron chi connectivity index (χ1n) is 11.2. The van der Waals surface area contributed by atoms with Crippen molar-refractivity contribution in [2.45, 2.75) is 38.3 Å². The standard InChI is InChI=1S/C24H30N6O/c1-3-29-13-14-30-21(20-16-26-27(2)18-20)17-25-23(30)24(29)9-11-28(12-10-24)22(31)15-19-7-5-4-6-8-19/h4-8,16-18H,3,9-15H2,1-2H3. The Morgan fingerprint density at radius 1 is 1.06 bits per heavy atom. The summed E-state index contributed by atoms with van der Waals surface area (Å²) in [5.41, 5.74) is 3.23. The molecule has 7 nitrogen and oxygen atoms in total. The van der Waals surface area contributed by atoms with Crippen LogP contribution in [0.25, 0.3) is 11.3 Å². The summed E-state index contributed by atoms with van der Waals surface area (Å²) in [5.74, 6) is 1.37. The van der Waals surface area contributed by atoms with Gasteiger partial charge in [-0.2, -0.15) is 5.10 Å². The minimum atomic E-state index is -0.100. The number of aryl methyl sites for hydroxylation is 1. The molecule has 1 aromatic carbocycles. The van der Waals surface area contributed by atoms with Crippen LogP contribution < -0.4 is 0 Å². The molecule has 1 spiro atoms. The lowest BCUT2D eigenvalue weighted by Crippen LogP contribution is -2.58. The molecule has 2 aromatic heterocycles. The van der Waals surface area contributed by atoms with Crippen molar-refractivity contribution >= 4 is 5.91 Å². The van der Waals surface area contributed by atoms with Crippen LogP contribution in [0, 0.1) is 0 Å². The zero-order valence-electron chi connectivity index (χ0n) is 18.4. The van der Waals surface area contributed by atoms with E-state index in [4.69, 9.17) is 4.98 Å². The van der Waals surface area contributed by atoms with Crippen molar-refractivity contribution in [2.24, 2.45) is 7.05 Å². The van der Waals surface area contributed by atoms with Gasteiger partial charge < -0.3 is 9.47 Å². The van der Waals surface area contributed by atoms with Crippen molar-refractivity contribution in [3.05, 3.63) is 60.3 Å². The Bertz CT molecular complexity index is 1060. The van der Waals surface area contributed by atoms with E-state index < -0.39 is 0 Å². The summed E-state index contributed by atoms with van der Waals surface area (Å²) >= 11 is 0. The van der Waals surface area contributed by atoms with Crippen LogP contribution in [-0.2, 0) is 30.3 Å². The summed E-state index contributed by atoms with van der Waals surface area (Å²) in [6.07, 6.45) is 8.28. The van der Waals surface area contributed by atoms with Gasteiger partial charge in [0.25, 0.3) is 0 Å². The number of rotatable bonds is 4. The maximum Gasteiger partial charge on any atom is 0.226 e. The number of aromatic nitrogens is 4. The van der Waals surface area contributed by atoms with E-state index in [9.17, 15) is 4.79 Å². The molecular weight excluding hydrogens is 388 g/mol. The summed E-state index contributed by atoms with van der Waals surface area (Å²) in [5, 5.41) is 4.34. The summed E-state index contributed by atoms with van der Waals surface area (Å²) in [6, 6.07) is 10.0. The lowest BCUT2D eigenvalue weighted by atomic mass is 9.83. The number of likely N-dealkylation sites (tertiary alicyclic amines) is 1. The minimum Gasteiger partial charge on any atom is -0.342 e. The molecule has 0 atom stereocenters. The van der Waals surface area contributed by atoms with E-state index in [1.54, 1.807) is 0 Å². The van der Waals surface area contributed by atoms with Gasteiger partial charge in [-0.25, -0.2) is 4.98 Å². The molecule has 5 rings (SSSR count). The van der Waals surface area contributed by atoms with Crippen LogP contribution in [0.3, 0.4) is 0 Å². The van der Waals surface area contributed by atoms with E-state index in [1.165, 1.54) is 0 Å². The maximum absolute atomic E-state index is 12.9. The molecule has 2 aliphatic heterocycles. The third-order valence-corrected chi connectivity index (χ3v) is 6.99. The second kappa shape index (κ2) is 7.96. The first kappa shape index (κ1) is 20.0. The van der Waals surface area contributed by atoms with Crippen LogP contribution >= 0.6 is 0 Å². The third kappa shape index (κ3) is 3.47. The van der Waals surface area contributed by atoms with E-state index in [1.807, 2.05) is 65.6 Å². The largest absolute Gasteiger partial charge is 0.342 e. The Labute approximate surface area is 183 Å². The highest BCUT2D eigenvalue weighted by Crippen LogP contribution is 2.42. The topological polar surface area (TPSA) is 59.2 Å². The summed E-state index contributed by atoms with van der Waals surface area (Å²) in [4.78, 5) is 22.5. The van der Waals surface area contributed by atoms with Crippen LogP contribution in [-0.4, -0.2) is 61.2 Å². The van der Waals surface area contributed by atoms with Gasteiger partial charge in [0.15, 0.2) is 0 Å². The average Bonchev–Trinajstić information content (AvgIpc) is 3.42. The Morgan fingerprint density at radius 2 is 1.84 bits per heavy atom. The van der Waals surface area contributed by atoms with E-state index in [0.29, 0.717) is 6.42 Å². The zero-order chi connectivity index (χ0) is 21.4. The number of fused-ring (bicyclic) bond motifs is 2. The van der Waals surface area contributed by atoms with Gasteiger partial charge in [-0.15, -0.1) is 0 Å². The fourth-order valence-corrected chi connectivity index (χ4v) is 5.34. The Morgan fingerprint density at radius 3 is 2.52 bits per heavy atom. The van der Waals surface area contributed by atoms with Crippen molar-refractivity contribution in [3.8, 4) is 11.3 Å². The summed E-state index contributed by atoms with van der Waals surface area (Å²) < 4.78 is 4.22. The second-order valence-corrected chi connectivity index (χ2v) is 8.68. The van der Waals surface area contributed by atoms with E-state index >= 15 is 0 Å². The maximum atomic E-state index is 12.9. The minimum absolute atomic E-state index is 0.100.